The molecular formula is C14H13NaO7S2. The van der Waals surface area contributed by atoms with E-state index in [1.807, 2.05) is 6.92 Å². The van der Waals surface area contributed by atoms with Crippen molar-refractivity contribution in [1.29, 1.82) is 0 Å². The van der Waals surface area contributed by atoms with E-state index in [1.165, 1.54) is 19.2 Å². The van der Waals surface area contributed by atoms with E-state index in [9.17, 15) is 21.4 Å². The van der Waals surface area contributed by atoms with Crippen LogP contribution in [-0.4, -0.2) is 28.5 Å². The van der Waals surface area contributed by atoms with Gasteiger partial charge in [0.25, 0.3) is 0 Å². The van der Waals surface area contributed by atoms with Crippen LogP contribution in [0.5, 0.6) is 11.5 Å². The Labute approximate surface area is 162 Å². The molecule has 0 fully saturated rings. The molecule has 0 atom stereocenters. The van der Waals surface area contributed by atoms with E-state index in [4.69, 9.17) is 8.92 Å². The molecule has 2 aromatic carbocycles. The number of hydrogen-bond acceptors (Lipinski definition) is 7. The topological polar surface area (TPSA) is 110 Å². The predicted octanol–water partition coefficient (Wildman–Crippen LogP) is -1.32. The van der Waals surface area contributed by atoms with Gasteiger partial charge in [-0.1, -0.05) is 17.7 Å². The summed E-state index contributed by atoms with van der Waals surface area (Å²) in [6, 6.07) is 8.89. The molecule has 7 nitrogen and oxygen atoms in total. The van der Waals surface area contributed by atoms with E-state index in [1.54, 1.807) is 12.1 Å². The van der Waals surface area contributed by atoms with Crippen molar-refractivity contribution >= 4 is 20.2 Å². The first-order valence-electron chi connectivity index (χ1n) is 6.28. The van der Waals surface area contributed by atoms with Crippen LogP contribution in [0.4, 0.5) is 0 Å². The zero-order valence-electron chi connectivity index (χ0n) is 13.2. The van der Waals surface area contributed by atoms with Crippen molar-refractivity contribution in [1.82, 2.24) is 0 Å². The number of ether oxygens (including phenoxy) is 1. The van der Waals surface area contributed by atoms with Gasteiger partial charge in [0.05, 0.1) is 12.0 Å². The minimum absolute atomic E-state index is 0. The van der Waals surface area contributed by atoms with Crippen LogP contribution in [0.1, 0.15) is 5.56 Å². The molecule has 0 bridgehead atoms. The van der Waals surface area contributed by atoms with E-state index in [-0.39, 0.29) is 46.0 Å². The molecule has 124 valence electrons. The average Bonchev–Trinajstić information content (AvgIpc) is 2.46. The Morgan fingerprint density at radius 2 is 1.42 bits per heavy atom. The van der Waals surface area contributed by atoms with Crippen LogP contribution in [0.25, 0.3) is 0 Å². The van der Waals surface area contributed by atoms with Crippen LogP contribution in [0.3, 0.4) is 0 Å². The van der Waals surface area contributed by atoms with Gasteiger partial charge in [-0.3, -0.25) is 0 Å². The van der Waals surface area contributed by atoms with Gasteiger partial charge in [0, 0.05) is 6.07 Å². The van der Waals surface area contributed by atoms with Gasteiger partial charge in [0.2, 0.25) is 0 Å². The maximum Gasteiger partial charge on any atom is 1.00 e. The normalized spacial score (nSPS) is 11.5. The molecule has 0 aliphatic heterocycles. The summed E-state index contributed by atoms with van der Waals surface area (Å²) in [5.41, 5.74) is 0.881. The van der Waals surface area contributed by atoms with Crippen molar-refractivity contribution in [2.24, 2.45) is 0 Å². The monoisotopic (exact) mass is 380 g/mol. The molecule has 0 N–H and O–H groups in total. The maximum absolute atomic E-state index is 12.2. The molecule has 0 spiro atoms. The largest absolute Gasteiger partial charge is 1.00 e. The smallest absolute Gasteiger partial charge is 0.744 e. The van der Waals surface area contributed by atoms with E-state index >= 15 is 0 Å². The van der Waals surface area contributed by atoms with Crippen LogP contribution in [0.15, 0.2) is 52.3 Å². The van der Waals surface area contributed by atoms with Gasteiger partial charge < -0.3 is 13.5 Å². The molecule has 0 saturated heterocycles. The summed E-state index contributed by atoms with van der Waals surface area (Å²) in [7, 11) is -7.61. The zero-order valence-corrected chi connectivity index (χ0v) is 16.8. The molecule has 2 rings (SSSR count). The molecule has 0 aliphatic rings. The third-order valence-corrected chi connectivity index (χ3v) is 5.01. The van der Waals surface area contributed by atoms with Crippen molar-refractivity contribution in [3.8, 4) is 11.5 Å². The quantitative estimate of drug-likeness (QED) is 0.359. The summed E-state index contributed by atoms with van der Waals surface area (Å²) in [4.78, 5) is -0.611. The van der Waals surface area contributed by atoms with Crippen LogP contribution in [0, 0.1) is 6.92 Å². The standard InChI is InChI=1S/C14H14O7S2.Na/c1-10-3-5-11(6-4-10)23(18,19)21-13-8-7-12(22(15,16)17)9-14(13)20-2;/h3-9H,1-2H3,(H,15,16,17);/q;+1/p-1. The molecule has 0 heterocycles. The zero-order chi connectivity index (χ0) is 17.3. The minimum atomic E-state index is -4.69. The van der Waals surface area contributed by atoms with Crippen molar-refractivity contribution in [2.75, 3.05) is 7.11 Å². The number of hydrogen-bond donors (Lipinski definition) is 0. The van der Waals surface area contributed by atoms with E-state index in [2.05, 4.69) is 0 Å². The van der Waals surface area contributed by atoms with Gasteiger partial charge in [0.15, 0.2) is 11.5 Å². The van der Waals surface area contributed by atoms with Crippen molar-refractivity contribution in [3.63, 3.8) is 0 Å². The number of methoxy groups -OCH3 is 1. The fraction of sp³-hybridized carbons (Fsp3) is 0.143. The first-order valence-corrected chi connectivity index (χ1v) is 9.10. The predicted molar refractivity (Wildman–Crippen MR) is 80.0 cm³/mol. The van der Waals surface area contributed by atoms with Crippen LogP contribution in [0.2, 0.25) is 0 Å². The van der Waals surface area contributed by atoms with Gasteiger partial charge in [-0.05, 0) is 31.2 Å². The second-order valence-electron chi connectivity index (χ2n) is 4.62. The van der Waals surface area contributed by atoms with Crippen LogP contribution < -0.4 is 38.5 Å². The Kier molecular flexibility index (Phi) is 6.85. The second kappa shape index (κ2) is 7.85. The van der Waals surface area contributed by atoms with Crippen molar-refractivity contribution < 1.29 is 59.9 Å². The maximum atomic E-state index is 12.2. The Hall–Kier alpha value is -1.10. The number of benzene rings is 2. The van der Waals surface area contributed by atoms with Gasteiger partial charge in [-0.2, -0.15) is 8.42 Å². The number of aryl methyl sites for hydroxylation is 1. The Morgan fingerprint density at radius 1 is 0.875 bits per heavy atom. The van der Waals surface area contributed by atoms with Gasteiger partial charge in [-0.25, -0.2) is 8.42 Å². The molecule has 0 amide bonds. The van der Waals surface area contributed by atoms with E-state index in [0.29, 0.717) is 0 Å². The number of rotatable bonds is 5. The first kappa shape index (κ1) is 20.9. The van der Waals surface area contributed by atoms with E-state index < -0.39 is 25.1 Å². The van der Waals surface area contributed by atoms with E-state index in [0.717, 1.165) is 23.8 Å². The summed E-state index contributed by atoms with van der Waals surface area (Å²) in [5, 5.41) is 0. The van der Waals surface area contributed by atoms with Gasteiger partial charge >= 0.3 is 39.7 Å². The first-order chi connectivity index (χ1) is 10.6. The SMILES string of the molecule is COc1cc(S(=O)(=O)[O-])ccc1OS(=O)(=O)c1ccc(C)cc1.[Na+]. The molecule has 0 aromatic heterocycles. The fourth-order valence-electron chi connectivity index (χ4n) is 1.74. The minimum Gasteiger partial charge on any atom is -0.744 e. The van der Waals surface area contributed by atoms with Gasteiger partial charge in [-0.15, -0.1) is 0 Å². The fourth-order valence-corrected chi connectivity index (χ4v) is 3.17. The average molecular weight is 380 g/mol. The van der Waals surface area contributed by atoms with Gasteiger partial charge in [0.1, 0.15) is 15.0 Å². The third-order valence-electron chi connectivity index (χ3n) is 2.93. The molecule has 0 unspecified atom stereocenters. The van der Waals surface area contributed by atoms with Crippen molar-refractivity contribution in [3.05, 3.63) is 48.0 Å². The van der Waals surface area contributed by atoms with Crippen molar-refractivity contribution in [2.45, 2.75) is 16.7 Å². The summed E-state index contributed by atoms with van der Waals surface area (Å²) in [6.45, 7) is 1.81. The molecule has 0 saturated carbocycles. The summed E-state index contributed by atoms with van der Waals surface area (Å²) >= 11 is 0. The summed E-state index contributed by atoms with van der Waals surface area (Å²) in [6.07, 6.45) is 0. The third kappa shape index (κ3) is 4.95. The van der Waals surface area contributed by atoms with Crippen LogP contribution in [-0.2, 0) is 20.2 Å². The molecule has 2 aromatic rings. The molecule has 24 heavy (non-hydrogen) atoms. The molecule has 0 radical (unpaired) electrons. The Bertz CT molecular complexity index is 920. The summed E-state index contributed by atoms with van der Waals surface area (Å²) < 4.78 is 67.2. The summed E-state index contributed by atoms with van der Waals surface area (Å²) in [5.74, 6) is -0.405. The molecule has 0 aliphatic carbocycles. The van der Waals surface area contributed by atoms with Crippen LogP contribution >= 0.6 is 0 Å². The Morgan fingerprint density at radius 3 is 1.92 bits per heavy atom. The molecular weight excluding hydrogens is 367 g/mol. The Balaban J connectivity index is 0.00000288. The molecule has 10 heteroatoms. The second-order valence-corrected chi connectivity index (χ2v) is 7.54.